The molecule has 0 spiro atoms. The molecule has 2 amide bonds. The summed E-state index contributed by atoms with van der Waals surface area (Å²) in [6, 6.07) is 10.7. The van der Waals surface area contributed by atoms with Crippen LogP contribution >= 0.6 is 0 Å². The Morgan fingerprint density at radius 2 is 1.96 bits per heavy atom. The van der Waals surface area contributed by atoms with Crippen LogP contribution in [0.3, 0.4) is 0 Å². The van der Waals surface area contributed by atoms with Crippen molar-refractivity contribution < 1.29 is 19.1 Å². The molecule has 3 heterocycles. The van der Waals surface area contributed by atoms with Crippen molar-refractivity contribution in [3.05, 3.63) is 64.1 Å². The molecule has 1 aromatic heterocycles. The maximum atomic E-state index is 13.2. The molecule has 2 aromatic rings. The lowest BCUT2D eigenvalue weighted by molar-refractivity contribution is 0.0601. The Kier molecular flexibility index (Phi) is 4.77. The van der Waals surface area contributed by atoms with Gasteiger partial charge in [0.15, 0.2) is 11.4 Å². The number of carbonyl (C=O) groups excluding carboxylic acids is 2. The van der Waals surface area contributed by atoms with Crippen molar-refractivity contribution in [1.82, 2.24) is 14.4 Å². The number of benzene rings is 1. The number of hydrogen-bond donors (Lipinski definition) is 0. The quantitative estimate of drug-likeness (QED) is 0.794. The maximum Gasteiger partial charge on any atom is 0.410 e. The van der Waals surface area contributed by atoms with E-state index in [0.717, 1.165) is 5.56 Å². The number of cyclic esters (lactones) is 1. The van der Waals surface area contributed by atoms with E-state index in [1.54, 1.807) is 27.6 Å². The zero-order chi connectivity index (χ0) is 19.7. The standard InChI is InChI=1S/C20H21N3O5/c1-21-8-7-16(24)18(27-12-14-5-3-2-4-6-14)17(21)19(25)22-9-10-23-15(11-22)13-28-20(23)26/h2-8,15H,9-13H2,1H3. The molecule has 1 unspecified atom stereocenters. The van der Waals surface area contributed by atoms with Gasteiger partial charge in [0.05, 0.1) is 6.04 Å². The average molecular weight is 383 g/mol. The summed E-state index contributed by atoms with van der Waals surface area (Å²) in [5, 5.41) is 0. The number of amides is 2. The van der Waals surface area contributed by atoms with Gasteiger partial charge in [0.25, 0.3) is 5.91 Å². The lowest BCUT2D eigenvalue weighted by Crippen LogP contribution is -2.54. The van der Waals surface area contributed by atoms with Crippen molar-refractivity contribution in [2.45, 2.75) is 12.6 Å². The molecule has 146 valence electrons. The normalized spacial score (nSPS) is 18.6. The topological polar surface area (TPSA) is 81.1 Å². The SMILES string of the molecule is Cn1ccc(=O)c(OCc2ccccc2)c1C(=O)N1CCN2C(=O)OCC2C1. The summed E-state index contributed by atoms with van der Waals surface area (Å²) in [5.74, 6) is -0.248. The number of nitrogens with zero attached hydrogens (tertiary/aromatic N) is 3. The van der Waals surface area contributed by atoms with E-state index in [-0.39, 0.29) is 48.1 Å². The van der Waals surface area contributed by atoms with Crippen LogP contribution in [-0.2, 0) is 18.4 Å². The highest BCUT2D eigenvalue weighted by atomic mass is 16.6. The number of fused-ring (bicyclic) bond motifs is 1. The fraction of sp³-hybridized carbons (Fsp3) is 0.350. The zero-order valence-corrected chi connectivity index (χ0v) is 15.5. The number of pyridine rings is 1. The molecule has 4 rings (SSSR count). The number of piperazine rings is 1. The fourth-order valence-electron chi connectivity index (χ4n) is 3.55. The molecule has 2 fully saturated rings. The van der Waals surface area contributed by atoms with E-state index >= 15 is 0 Å². The van der Waals surface area contributed by atoms with E-state index in [1.165, 1.54) is 6.07 Å². The van der Waals surface area contributed by atoms with Crippen LogP contribution in [0.2, 0.25) is 0 Å². The van der Waals surface area contributed by atoms with E-state index in [2.05, 4.69) is 0 Å². The van der Waals surface area contributed by atoms with Gasteiger partial charge in [-0.15, -0.1) is 0 Å². The van der Waals surface area contributed by atoms with Crippen LogP contribution in [0.4, 0.5) is 4.79 Å². The Balaban J connectivity index is 1.58. The second kappa shape index (κ2) is 7.38. The van der Waals surface area contributed by atoms with Gasteiger partial charge in [0, 0.05) is 38.9 Å². The van der Waals surface area contributed by atoms with Gasteiger partial charge in [0.1, 0.15) is 13.2 Å². The third kappa shape index (κ3) is 3.33. The number of hydrogen-bond acceptors (Lipinski definition) is 5. The Morgan fingerprint density at radius 3 is 2.75 bits per heavy atom. The molecule has 0 bridgehead atoms. The molecule has 1 aromatic carbocycles. The van der Waals surface area contributed by atoms with Crippen LogP contribution in [0.25, 0.3) is 0 Å². The third-order valence-corrected chi connectivity index (χ3v) is 5.07. The molecule has 0 aliphatic carbocycles. The molecule has 28 heavy (non-hydrogen) atoms. The van der Waals surface area contributed by atoms with Crippen molar-refractivity contribution in [3.8, 4) is 5.75 Å². The van der Waals surface area contributed by atoms with Crippen molar-refractivity contribution in [2.24, 2.45) is 7.05 Å². The van der Waals surface area contributed by atoms with Crippen LogP contribution < -0.4 is 10.2 Å². The molecule has 2 aliphatic rings. The average Bonchev–Trinajstić information content (AvgIpc) is 3.09. The second-order valence-corrected chi connectivity index (χ2v) is 6.92. The van der Waals surface area contributed by atoms with E-state index in [1.807, 2.05) is 30.3 Å². The number of aromatic nitrogens is 1. The summed E-state index contributed by atoms with van der Waals surface area (Å²) in [6.45, 7) is 1.63. The van der Waals surface area contributed by atoms with Gasteiger partial charge in [-0.25, -0.2) is 4.79 Å². The summed E-state index contributed by atoms with van der Waals surface area (Å²) in [4.78, 5) is 40.6. The molecule has 2 saturated heterocycles. The number of carbonyl (C=O) groups is 2. The molecule has 0 radical (unpaired) electrons. The van der Waals surface area contributed by atoms with Crippen LogP contribution in [-0.4, -0.2) is 58.7 Å². The largest absolute Gasteiger partial charge is 0.483 e. The monoisotopic (exact) mass is 383 g/mol. The molecule has 8 heteroatoms. The lowest BCUT2D eigenvalue weighted by atomic mass is 10.1. The first-order valence-electron chi connectivity index (χ1n) is 9.13. The van der Waals surface area contributed by atoms with Crippen molar-refractivity contribution in [1.29, 1.82) is 0 Å². The van der Waals surface area contributed by atoms with E-state index in [9.17, 15) is 14.4 Å². The maximum absolute atomic E-state index is 13.2. The summed E-state index contributed by atoms with van der Waals surface area (Å²) >= 11 is 0. The van der Waals surface area contributed by atoms with Crippen LogP contribution in [0.5, 0.6) is 5.75 Å². The van der Waals surface area contributed by atoms with Gasteiger partial charge in [-0.05, 0) is 5.56 Å². The summed E-state index contributed by atoms with van der Waals surface area (Å²) < 4.78 is 12.4. The number of rotatable bonds is 4. The van der Waals surface area contributed by atoms with Crippen molar-refractivity contribution >= 4 is 12.0 Å². The van der Waals surface area contributed by atoms with E-state index < -0.39 is 0 Å². The van der Waals surface area contributed by atoms with Crippen LogP contribution in [0, 0.1) is 0 Å². The Labute approximate surface area is 161 Å². The summed E-state index contributed by atoms with van der Waals surface area (Å²) in [5.41, 5.74) is 0.777. The summed E-state index contributed by atoms with van der Waals surface area (Å²) in [7, 11) is 1.71. The highest BCUT2D eigenvalue weighted by molar-refractivity contribution is 5.95. The first-order valence-corrected chi connectivity index (χ1v) is 9.13. The molecule has 0 N–H and O–H groups in total. The van der Waals surface area contributed by atoms with Gasteiger partial charge in [0.2, 0.25) is 5.43 Å². The fourth-order valence-corrected chi connectivity index (χ4v) is 3.55. The molecule has 0 saturated carbocycles. The highest BCUT2D eigenvalue weighted by Crippen LogP contribution is 2.22. The minimum atomic E-state index is -0.338. The van der Waals surface area contributed by atoms with Gasteiger partial charge in [-0.3, -0.25) is 14.5 Å². The Hall–Kier alpha value is -3.29. The molecule has 2 aliphatic heterocycles. The number of ether oxygens (including phenoxy) is 2. The Morgan fingerprint density at radius 1 is 1.18 bits per heavy atom. The summed E-state index contributed by atoms with van der Waals surface area (Å²) in [6.07, 6.45) is 1.22. The zero-order valence-electron chi connectivity index (χ0n) is 15.5. The number of aryl methyl sites for hydroxylation is 1. The first-order chi connectivity index (χ1) is 13.5. The highest BCUT2D eigenvalue weighted by Gasteiger charge is 2.39. The Bertz CT molecular complexity index is 956. The van der Waals surface area contributed by atoms with E-state index in [0.29, 0.717) is 19.6 Å². The minimum absolute atomic E-state index is 0.0417. The van der Waals surface area contributed by atoms with Crippen LogP contribution in [0.15, 0.2) is 47.4 Å². The predicted molar refractivity (Wildman–Crippen MR) is 100 cm³/mol. The second-order valence-electron chi connectivity index (χ2n) is 6.92. The molecule has 1 atom stereocenters. The van der Waals surface area contributed by atoms with Crippen LogP contribution in [0.1, 0.15) is 16.1 Å². The van der Waals surface area contributed by atoms with E-state index in [4.69, 9.17) is 9.47 Å². The third-order valence-electron chi connectivity index (χ3n) is 5.07. The predicted octanol–water partition coefficient (Wildman–Crippen LogP) is 1.24. The molecular weight excluding hydrogens is 362 g/mol. The van der Waals surface area contributed by atoms with Gasteiger partial charge in [-0.2, -0.15) is 0 Å². The molecule has 8 nitrogen and oxygen atoms in total. The lowest BCUT2D eigenvalue weighted by Gasteiger charge is -2.35. The van der Waals surface area contributed by atoms with Crippen molar-refractivity contribution in [2.75, 3.05) is 26.2 Å². The molecular formula is C20H21N3O5. The van der Waals surface area contributed by atoms with Gasteiger partial charge >= 0.3 is 6.09 Å². The van der Waals surface area contributed by atoms with Gasteiger partial charge in [-0.1, -0.05) is 30.3 Å². The smallest absolute Gasteiger partial charge is 0.410 e. The first kappa shape index (κ1) is 18.1. The van der Waals surface area contributed by atoms with Crippen molar-refractivity contribution in [3.63, 3.8) is 0 Å². The minimum Gasteiger partial charge on any atom is -0.483 e. The van der Waals surface area contributed by atoms with Gasteiger partial charge < -0.3 is 18.9 Å².